The van der Waals surface area contributed by atoms with E-state index in [2.05, 4.69) is 0 Å². The van der Waals surface area contributed by atoms with Crippen LogP contribution in [0.4, 0.5) is 5.69 Å². The van der Waals surface area contributed by atoms with Crippen molar-refractivity contribution in [3.63, 3.8) is 0 Å². The highest BCUT2D eigenvalue weighted by Gasteiger charge is 2.24. The third kappa shape index (κ3) is 4.31. The van der Waals surface area contributed by atoms with Crippen molar-refractivity contribution in [1.29, 1.82) is 0 Å². The van der Waals surface area contributed by atoms with E-state index in [4.69, 9.17) is 9.47 Å². The molecule has 1 fully saturated rings. The number of anilines is 1. The molecule has 2 rings (SSSR count). The van der Waals surface area contributed by atoms with Crippen molar-refractivity contribution >= 4 is 21.6 Å². The monoisotopic (exact) mass is 356 g/mol. The van der Waals surface area contributed by atoms with Crippen LogP contribution < -0.4 is 13.8 Å². The molecule has 24 heavy (non-hydrogen) atoms. The number of amides is 1. The number of carbonyl (C=O) groups excluding carboxylic acids is 1. The van der Waals surface area contributed by atoms with Gasteiger partial charge in [-0.2, -0.15) is 0 Å². The number of nitrogens with zero attached hydrogens (tertiary/aromatic N) is 2. The van der Waals surface area contributed by atoms with Crippen molar-refractivity contribution in [3.8, 4) is 11.5 Å². The highest BCUT2D eigenvalue weighted by Crippen LogP contribution is 2.33. The van der Waals surface area contributed by atoms with E-state index in [1.54, 1.807) is 23.1 Å². The molecular weight excluding hydrogens is 332 g/mol. The summed E-state index contributed by atoms with van der Waals surface area (Å²) < 4.78 is 36.0. The molecule has 1 aliphatic heterocycles. The van der Waals surface area contributed by atoms with Crippen molar-refractivity contribution < 1.29 is 22.7 Å². The van der Waals surface area contributed by atoms with Crippen LogP contribution in [-0.4, -0.2) is 59.3 Å². The maximum atomic E-state index is 12.2. The van der Waals surface area contributed by atoms with Gasteiger partial charge >= 0.3 is 0 Å². The minimum Gasteiger partial charge on any atom is -0.497 e. The Hall–Kier alpha value is -1.96. The number of hydrogen-bond acceptors (Lipinski definition) is 5. The summed E-state index contributed by atoms with van der Waals surface area (Å²) in [6, 6.07) is 4.91. The summed E-state index contributed by atoms with van der Waals surface area (Å²) in [5.41, 5.74) is 0.398. The Kier molecular flexibility index (Phi) is 5.93. The van der Waals surface area contributed by atoms with E-state index in [-0.39, 0.29) is 18.9 Å². The van der Waals surface area contributed by atoms with Gasteiger partial charge in [-0.1, -0.05) is 0 Å². The van der Waals surface area contributed by atoms with Crippen LogP contribution in [0.15, 0.2) is 18.2 Å². The van der Waals surface area contributed by atoms with Crippen LogP contribution >= 0.6 is 0 Å². The number of ether oxygens (including phenoxy) is 2. The Morgan fingerprint density at radius 3 is 2.42 bits per heavy atom. The molecule has 0 N–H and O–H groups in total. The van der Waals surface area contributed by atoms with E-state index >= 15 is 0 Å². The maximum absolute atomic E-state index is 12.2. The highest BCUT2D eigenvalue weighted by molar-refractivity contribution is 7.92. The van der Waals surface area contributed by atoms with Gasteiger partial charge in [0.2, 0.25) is 15.9 Å². The molecule has 7 nitrogen and oxygen atoms in total. The fourth-order valence-electron chi connectivity index (χ4n) is 2.78. The molecule has 134 valence electrons. The fraction of sp³-hybridized carbons (Fsp3) is 0.562. The lowest BCUT2D eigenvalue weighted by atomic mass is 10.2. The first-order valence-electron chi connectivity index (χ1n) is 7.84. The number of sulfonamides is 1. The smallest absolute Gasteiger partial charge is 0.232 e. The molecule has 0 bridgehead atoms. The quantitative estimate of drug-likeness (QED) is 0.740. The Labute approximate surface area is 143 Å². The van der Waals surface area contributed by atoms with E-state index in [0.717, 1.165) is 32.2 Å². The third-order valence-electron chi connectivity index (χ3n) is 4.04. The predicted molar refractivity (Wildman–Crippen MR) is 92.2 cm³/mol. The summed E-state index contributed by atoms with van der Waals surface area (Å²) in [5, 5.41) is 0. The number of methoxy groups -OCH3 is 2. The van der Waals surface area contributed by atoms with Crippen LogP contribution in [0.2, 0.25) is 0 Å². The second-order valence-electron chi connectivity index (χ2n) is 5.71. The van der Waals surface area contributed by atoms with Crippen molar-refractivity contribution in [1.82, 2.24) is 4.90 Å². The topological polar surface area (TPSA) is 76.2 Å². The Morgan fingerprint density at radius 2 is 1.88 bits per heavy atom. The minimum atomic E-state index is -3.55. The Balaban J connectivity index is 2.21. The summed E-state index contributed by atoms with van der Waals surface area (Å²) in [7, 11) is -0.556. The number of benzene rings is 1. The standard InChI is InChI=1S/C16H24N2O5S/c1-22-13-6-7-14(15(12-13)23-2)18(24(3,20)21)11-8-16(19)17-9-4-5-10-17/h6-7,12H,4-5,8-11H2,1-3H3. The van der Waals surface area contributed by atoms with Gasteiger partial charge in [0.05, 0.1) is 26.2 Å². The molecule has 8 heteroatoms. The molecule has 0 saturated carbocycles. The van der Waals surface area contributed by atoms with Crippen LogP contribution in [-0.2, 0) is 14.8 Å². The second-order valence-corrected chi connectivity index (χ2v) is 7.62. The normalized spacial score (nSPS) is 14.5. The third-order valence-corrected chi connectivity index (χ3v) is 5.22. The van der Waals surface area contributed by atoms with E-state index in [0.29, 0.717) is 17.2 Å². The van der Waals surface area contributed by atoms with E-state index in [1.165, 1.54) is 18.5 Å². The number of likely N-dealkylation sites (tertiary alicyclic amines) is 1. The lowest BCUT2D eigenvalue weighted by Crippen LogP contribution is -2.36. The summed E-state index contributed by atoms with van der Waals surface area (Å²) >= 11 is 0. The van der Waals surface area contributed by atoms with Crippen LogP contribution in [0.25, 0.3) is 0 Å². The first-order chi connectivity index (χ1) is 11.4. The molecule has 1 aromatic rings. The van der Waals surface area contributed by atoms with Gasteiger partial charge < -0.3 is 14.4 Å². The second kappa shape index (κ2) is 7.74. The van der Waals surface area contributed by atoms with Crippen molar-refractivity contribution in [2.45, 2.75) is 19.3 Å². The molecular formula is C16H24N2O5S. The zero-order chi connectivity index (χ0) is 17.7. The molecule has 0 spiro atoms. The lowest BCUT2D eigenvalue weighted by molar-refractivity contribution is -0.129. The van der Waals surface area contributed by atoms with Gasteiger partial charge in [-0.15, -0.1) is 0 Å². The van der Waals surface area contributed by atoms with E-state index < -0.39 is 10.0 Å². The van der Waals surface area contributed by atoms with Gasteiger partial charge in [-0.05, 0) is 25.0 Å². The van der Waals surface area contributed by atoms with Crippen LogP contribution in [0.3, 0.4) is 0 Å². The van der Waals surface area contributed by atoms with Crippen LogP contribution in [0.5, 0.6) is 11.5 Å². The summed E-state index contributed by atoms with van der Waals surface area (Å²) in [5.74, 6) is 0.930. The molecule has 1 aromatic carbocycles. The molecule has 1 heterocycles. The molecule has 0 unspecified atom stereocenters. The largest absolute Gasteiger partial charge is 0.497 e. The first kappa shape index (κ1) is 18.4. The predicted octanol–water partition coefficient (Wildman–Crippen LogP) is 1.48. The van der Waals surface area contributed by atoms with Gasteiger partial charge in [0.1, 0.15) is 11.5 Å². The van der Waals surface area contributed by atoms with Crippen LogP contribution in [0, 0.1) is 0 Å². The van der Waals surface area contributed by atoms with E-state index in [1.807, 2.05) is 0 Å². The SMILES string of the molecule is COc1ccc(N(CCC(=O)N2CCCC2)S(C)(=O)=O)c(OC)c1. The molecule has 1 aliphatic rings. The van der Waals surface area contributed by atoms with Gasteiger partial charge in [-0.3, -0.25) is 9.10 Å². The number of rotatable bonds is 7. The Morgan fingerprint density at radius 1 is 1.21 bits per heavy atom. The van der Waals surface area contributed by atoms with E-state index in [9.17, 15) is 13.2 Å². The minimum absolute atomic E-state index is 0.0198. The molecule has 1 amide bonds. The number of carbonyl (C=O) groups is 1. The van der Waals surface area contributed by atoms with Crippen molar-refractivity contribution in [2.75, 3.05) is 44.4 Å². The van der Waals surface area contributed by atoms with Crippen LogP contribution in [0.1, 0.15) is 19.3 Å². The van der Waals surface area contributed by atoms with Gasteiger partial charge in [0.15, 0.2) is 0 Å². The number of hydrogen-bond donors (Lipinski definition) is 0. The average Bonchev–Trinajstić information content (AvgIpc) is 3.08. The average molecular weight is 356 g/mol. The zero-order valence-electron chi connectivity index (χ0n) is 14.3. The fourth-order valence-corrected chi connectivity index (χ4v) is 3.71. The van der Waals surface area contributed by atoms with Gasteiger partial charge in [0.25, 0.3) is 0 Å². The van der Waals surface area contributed by atoms with Gasteiger partial charge in [0, 0.05) is 32.1 Å². The molecule has 0 atom stereocenters. The summed E-state index contributed by atoms with van der Waals surface area (Å²) in [6.07, 6.45) is 3.28. The molecule has 0 radical (unpaired) electrons. The highest BCUT2D eigenvalue weighted by atomic mass is 32.2. The first-order valence-corrected chi connectivity index (χ1v) is 9.69. The molecule has 0 aliphatic carbocycles. The molecule has 0 aromatic heterocycles. The lowest BCUT2D eigenvalue weighted by Gasteiger charge is -2.25. The Bertz CT molecular complexity index is 684. The maximum Gasteiger partial charge on any atom is 0.232 e. The summed E-state index contributed by atoms with van der Waals surface area (Å²) in [6.45, 7) is 1.59. The van der Waals surface area contributed by atoms with Crippen molar-refractivity contribution in [2.24, 2.45) is 0 Å². The zero-order valence-corrected chi connectivity index (χ0v) is 15.1. The van der Waals surface area contributed by atoms with Gasteiger partial charge in [-0.25, -0.2) is 8.42 Å². The van der Waals surface area contributed by atoms with Crippen molar-refractivity contribution in [3.05, 3.63) is 18.2 Å². The summed E-state index contributed by atoms with van der Waals surface area (Å²) in [4.78, 5) is 14.0. The molecule has 1 saturated heterocycles.